The van der Waals surface area contributed by atoms with Crippen molar-refractivity contribution >= 4 is 5.91 Å². The van der Waals surface area contributed by atoms with Crippen molar-refractivity contribution in [2.75, 3.05) is 19.8 Å². The molecule has 0 aliphatic carbocycles. The van der Waals surface area contributed by atoms with Crippen molar-refractivity contribution in [3.05, 3.63) is 22.8 Å². The lowest BCUT2D eigenvalue weighted by Gasteiger charge is -2.13. The molecule has 2 aliphatic heterocycles. The Kier molecular flexibility index (Phi) is 3.43. The van der Waals surface area contributed by atoms with Gasteiger partial charge in [0.2, 0.25) is 0 Å². The van der Waals surface area contributed by atoms with Gasteiger partial charge in [-0.1, -0.05) is 0 Å². The Morgan fingerprint density at radius 2 is 2.00 bits per heavy atom. The van der Waals surface area contributed by atoms with Crippen LogP contribution in [0.15, 0.2) is 6.07 Å². The highest BCUT2D eigenvalue weighted by Crippen LogP contribution is 2.40. The molecule has 0 atom stereocenters. The first-order valence-corrected chi connectivity index (χ1v) is 6.75. The number of halogens is 3. The minimum absolute atomic E-state index is 0.0788. The fourth-order valence-electron chi connectivity index (χ4n) is 2.75. The van der Waals surface area contributed by atoms with E-state index in [-0.39, 0.29) is 6.54 Å². The van der Waals surface area contributed by atoms with Crippen molar-refractivity contribution in [3.8, 4) is 11.5 Å². The molecule has 0 aromatic heterocycles. The highest BCUT2D eigenvalue weighted by atomic mass is 19.4. The molecule has 0 unspecified atom stereocenters. The summed E-state index contributed by atoms with van der Waals surface area (Å²) in [5.41, 5.74) is 2.87. The molecule has 0 radical (unpaired) electrons. The Bertz CT molecular complexity index is 552. The van der Waals surface area contributed by atoms with Gasteiger partial charge in [-0.3, -0.25) is 4.79 Å². The zero-order chi connectivity index (χ0) is 15.0. The quantitative estimate of drug-likeness (QED) is 0.926. The molecule has 1 amide bonds. The molecule has 7 heteroatoms. The number of amides is 1. The molecule has 0 spiro atoms. The van der Waals surface area contributed by atoms with Crippen molar-refractivity contribution in [1.82, 2.24) is 5.32 Å². The zero-order valence-electron chi connectivity index (χ0n) is 11.2. The van der Waals surface area contributed by atoms with Gasteiger partial charge in [0.25, 0.3) is 0 Å². The number of nitrogens with one attached hydrogen (secondary N) is 1. The molecule has 3 rings (SSSR count). The molecule has 0 saturated carbocycles. The first kappa shape index (κ1) is 14.0. The number of hydrogen-bond donors (Lipinski definition) is 1. The highest BCUT2D eigenvalue weighted by molar-refractivity contribution is 5.81. The molecule has 21 heavy (non-hydrogen) atoms. The average Bonchev–Trinajstić information content (AvgIpc) is 3.04. The van der Waals surface area contributed by atoms with E-state index in [0.717, 1.165) is 34.6 Å². The standard InChI is InChI=1S/C14H14F3NO3/c15-14(16,17)13(19)18-4-1-10-9-3-6-20-11(9)7-8-2-5-21-12(8)10/h7H,1-6H2,(H,18,19). The summed E-state index contributed by atoms with van der Waals surface area (Å²) in [6.07, 6.45) is -3.06. The van der Waals surface area contributed by atoms with E-state index in [9.17, 15) is 18.0 Å². The maximum atomic E-state index is 12.2. The largest absolute Gasteiger partial charge is 0.493 e. The van der Waals surface area contributed by atoms with E-state index in [1.807, 2.05) is 11.4 Å². The number of ether oxygens (including phenoxy) is 2. The molecule has 1 aromatic carbocycles. The third-order valence-electron chi connectivity index (χ3n) is 3.68. The summed E-state index contributed by atoms with van der Waals surface area (Å²) in [4.78, 5) is 10.8. The van der Waals surface area contributed by atoms with Crippen LogP contribution < -0.4 is 14.8 Å². The lowest BCUT2D eigenvalue weighted by atomic mass is 9.97. The minimum atomic E-state index is -4.85. The predicted octanol–water partition coefficient (Wildman–Crippen LogP) is 1.78. The van der Waals surface area contributed by atoms with Gasteiger partial charge in [0.1, 0.15) is 11.5 Å². The molecule has 0 fully saturated rings. The summed E-state index contributed by atoms with van der Waals surface area (Å²) in [6.45, 7) is 1.06. The third kappa shape index (κ3) is 2.64. The van der Waals surface area contributed by atoms with Crippen LogP contribution in [-0.2, 0) is 24.1 Å². The number of carbonyl (C=O) groups is 1. The lowest BCUT2D eigenvalue weighted by Crippen LogP contribution is -2.37. The molecular weight excluding hydrogens is 287 g/mol. The molecular formula is C14H14F3NO3. The Morgan fingerprint density at radius 1 is 1.24 bits per heavy atom. The SMILES string of the molecule is O=C(NCCc1c2c(cc3c1OCC3)OCC2)C(F)(F)F. The maximum absolute atomic E-state index is 12.2. The molecule has 0 saturated heterocycles. The van der Waals surface area contributed by atoms with Crippen LogP contribution in [0.1, 0.15) is 16.7 Å². The molecule has 114 valence electrons. The predicted molar refractivity (Wildman–Crippen MR) is 67.6 cm³/mol. The number of rotatable bonds is 3. The first-order chi connectivity index (χ1) is 9.97. The van der Waals surface area contributed by atoms with E-state index in [1.165, 1.54) is 0 Å². The lowest BCUT2D eigenvalue weighted by molar-refractivity contribution is -0.173. The molecule has 1 N–H and O–H groups in total. The monoisotopic (exact) mass is 301 g/mol. The summed E-state index contributed by atoms with van der Waals surface area (Å²) in [5, 5.41) is 1.89. The van der Waals surface area contributed by atoms with E-state index in [0.29, 0.717) is 26.1 Å². The van der Waals surface area contributed by atoms with Gasteiger partial charge in [-0.15, -0.1) is 0 Å². The normalized spacial score (nSPS) is 16.0. The Labute approximate surface area is 119 Å². The minimum Gasteiger partial charge on any atom is -0.493 e. The van der Waals surface area contributed by atoms with Crippen LogP contribution in [0, 0.1) is 0 Å². The van der Waals surface area contributed by atoms with Gasteiger partial charge in [-0.05, 0) is 12.5 Å². The van der Waals surface area contributed by atoms with Gasteiger partial charge in [-0.25, -0.2) is 0 Å². The van der Waals surface area contributed by atoms with Crippen molar-refractivity contribution in [2.45, 2.75) is 25.4 Å². The summed E-state index contributed by atoms with van der Waals surface area (Å²) in [6, 6.07) is 1.95. The number of benzene rings is 1. The first-order valence-electron chi connectivity index (χ1n) is 6.75. The van der Waals surface area contributed by atoms with Crippen LogP contribution in [0.2, 0.25) is 0 Å². The molecule has 4 nitrogen and oxygen atoms in total. The second-order valence-corrected chi connectivity index (χ2v) is 5.02. The fraction of sp³-hybridized carbons (Fsp3) is 0.500. The van der Waals surface area contributed by atoms with Crippen LogP contribution in [0.25, 0.3) is 0 Å². The zero-order valence-corrected chi connectivity index (χ0v) is 11.2. The number of alkyl halides is 3. The van der Waals surface area contributed by atoms with E-state index in [1.54, 1.807) is 0 Å². The molecule has 2 heterocycles. The van der Waals surface area contributed by atoms with Crippen LogP contribution in [0.5, 0.6) is 11.5 Å². The van der Waals surface area contributed by atoms with E-state index < -0.39 is 12.1 Å². The van der Waals surface area contributed by atoms with E-state index in [4.69, 9.17) is 9.47 Å². The number of carbonyl (C=O) groups excluding carboxylic acids is 1. The van der Waals surface area contributed by atoms with Gasteiger partial charge in [0.05, 0.1) is 13.2 Å². The van der Waals surface area contributed by atoms with Crippen molar-refractivity contribution in [1.29, 1.82) is 0 Å². The summed E-state index contributed by atoms with van der Waals surface area (Å²) in [7, 11) is 0. The van der Waals surface area contributed by atoms with E-state index >= 15 is 0 Å². The van der Waals surface area contributed by atoms with Crippen molar-refractivity contribution in [3.63, 3.8) is 0 Å². The maximum Gasteiger partial charge on any atom is 0.471 e. The van der Waals surface area contributed by atoms with Crippen LogP contribution in [-0.4, -0.2) is 31.8 Å². The van der Waals surface area contributed by atoms with Gasteiger partial charge in [0.15, 0.2) is 0 Å². The molecule has 2 aliphatic rings. The smallest absolute Gasteiger partial charge is 0.471 e. The van der Waals surface area contributed by atoms with Gasteiger partial charge < -0.3 is 14.8 Å². The summed E-state index contributed by atoms with van der Waals surface area (Å²) < 4.78 is 47.6. The fourth-order valence-corrected chi connectivity index (χ4v) is 2.75. The van der Waals surface area contributed by atoms with E-state index in [2.05, 4.69) is 0 Å². The number of hydrogen-bond acceptors (Lipinski definition) is 3. The summed E-state index contributed by atoms with van der Waals surface area (Å²) >= 11 is 0. The Hall–Kier alpha value is -1.92. The van der Waals surface area contributed by atoms with Crippen LogP contribution in [0.3, 0.4) is 0 Å². The third-order valence-corrected chi connectivity index (χ3v) is 3.68. The highest BCUT2D eigenvalue weighted by Gasteiger charge is 2.38. The number of fused-ring (bicyclic) bond motifs is 2. The van der Waals surface area contributed by atoms with Crippen molar-refractivity contribution in [2.24, 2.45) is 0 Å². The van der Waals surface area contributed by atoms with Crippen molar-refractivity contribution < 1.29 is 27.4 Å². The Balaban J connectivity index is 1.75. The second-order valence-electron chi connectivity index (χ2n) is 5.02. The Morgan fingerprint density at radius 3 is 2.76 bits per heavy atom. The van der Waals surface area contributed by atoms with Crippen LogP contribution in [0.4, 0.5) is 13.2 Å². The molecule has 1 aromatic rings. The van der Waals surface area contributed by atoms with Gasteiger partial charge in [-0.2, -0.15) is 13.2 Å². The second kappa shape index (κ2) is 5.13. The molecule has 0 bridgehead atoms. The topological polar surface area (TPSA) is 47.6 Å². The average molecular weight is 301 g/mol. The van der Waals surface area contributed by atoms with Crippen LogP contribution >= 0.6 is 0 Å². The summed E-state index contributed by atoms with van der Waals surface area (Å²) in [5.74, 6) is -0.374. The van der Waals surface area contributed by atoms with Gasteiger partial charge >= 0.3 is 12.1 Å². The van der Waals surface area contributed by atoms with Gasteiger partial charge in [0, 0.05) is 36.1 Å².